The number of carbonyl (C=O) groups is 3. The van der Waals surface area contributed by atoms with E-state index in [2.05, 4.69) is 10.6 Å². The van der Waals surface area contributed by atoms with Gasteiger partial charge in [-0.1, -0.05) is 0 Å². The highest BCUT2D eigenvalue weighted by molar-refractivity contribution is 6.01. The summed E-state index contributed by atoms with van der Waals surface area (Å²) in [5.74, 6) is -2.08. The van der Waals surface area contributed by atoms with Crippen molar-refractivity contribution in [3.63, 3.8) is 0 Å². The van der Waals surface area contributed by atoms with Gasteiger partial charge in [-0.05, 0) is 25.1 Å². The van der Waals surface area contributed by atoms with E-state index in [0.717, 1.165) is 6.07 Å². The molecule has 0 radical (unpaired) electrons. The molecule has 0 aliphatic carbocycles. The number of nitrogen functional groups attached to an aromatic ring is 1. The summed E-state index contributed by atoms with van der Waals surface area (Å²) in [4.78, 5) is 36.1. The molecule has 7 nitrogen and oxygen atoms in total. The lowest BCUT2D eigenvalue weighted by molar-refractivity contribution is -0.138. The molecule has 1 heterocycles. The zero-order valence-electron chi connectivity index (χ0n) is 11.4. The maximum Gasteiger partial charge on any atom is 0.241 e. The maximum absolute atomic E-state index is 13.6. The van der Waals surface area contributed by atoms with Gasteiger partial charge in [0.15, 0.2) is 0 Å². The number of rotatable bonds is 3. The molecule has 21 heavy (non-hydrogen) atoms. The molecule has 1 fully saturated rings. The van der Waals surface area contributed by atoms with Crippen LogP contribution in [0.1, 0.15) is 6.92 Å². The number of anilines is 2. The SMILES string of the molecule is CC(C(=O)Nc1cc(N)ccc1F)N1CC(=O)NC(=O)C1. The minimum absolute atomic E-state index is 0.0420. The van der Waals surface area contributed by atoms with E-state index in [-0.39, 0.29) is 18.8 Å². The molecule has 1 aromatic rings. The van der Waals surface area contributed by atoms with Crippen molar-refractivity contribution < 1.29 is 18.8 Å². The van der Waals surface area contributed by atoms with Crippen LogP contribution in [0.3, 0.4) is 0 Å². The Morgan fingerprint density at radius 2 is 2.00 bits per heavy atom. The van der Waals surface area contributed by atoms with E-state index in [9.17, 15) is 18.8 Å². The van der Waals surface area contributed by atoms with Gasteiger partial charge in [0.1, 0.15) is 5.82 Å². The maximum atomic E-state index is 13.6. The predicted molar refractivity (Wildman–Crippen MR) is 73.6 cm³/mol. The summed E-state index contributed by atoms with van der Waals surface area (Å²) < 4.78 is 13.6. The van der Waals surface area contributed by atoms with E-state index >= 15 is 0 Å². The first kappa shape index (κ1) is 14.9. The Hall–Kier alpha value is -2.48. The number of hydrogen-bond acceptors (Lipinski definition) is 5. The number of benzene rings is 1. The fraction of sp³-hybridized carbons (Fsp3) is 0.308. The minimum atomic E-state index is -0.763. The minimum Gasteiger partial charge on any atom is -0.399 e. The molecule has 1 atom stereocenters. The summed E-state index contributed by atoms with van der Waals surface area (Å²) in [5.41, 5.74) is 5.80. The summed E-state index contributed by atoms with van der Waals surface area (Å²) in [6.07, 6.45) is 0. The number of nitrogens with one attached hydrogen (secondary N) is 2. The summed E-state index contributed by atoms with van der Waals surface area (Å²) in [5, 5.41) is 4.54. The van der Waals surface area contributed by atoms with E-state index in [1.165, 1.54) is 24.0 Å². The summed E-state index contributed by atoms with van der Waals surface area (Å²) in [6.45, 7) is 1.39. The zero-order chi connectivity index (χ0) is 15.6. The van der Waals surface area contributed by atoms with Gasteiger partial charge in [0.05, 0.1) is 24.8 Å². The molecule has 0 aromatic heterocycles. The van der Waals surface area contributed by atoms with Crippen molar-refractivity contribution in [2.24, 2.45) is 0 Å². The predicted octanol–water partition coefficient (Wildman–Crippen LogP) is -0.307. The highest BCUT2D eigenvalue weighted by Gasteiger charge is 2.30. The van der Waals surface area contributed by atoms with Crippen molar-refractivity contribution in [1.29, 1.82) is 0 Å². The molecule has 0 spiro atoms. The van der Waals surface area contributed by atoms with Crippen LogP contribution in [0.5, 0.6) is 0 Å². The Morgan fingerprint density at radius 3 is 2.62 bits per heavy atom. The third-order valence-corrected chi connectivity index (χ3v) is 3.15. The standard InChI is InChI=1S/C13H15FN4O3/c1-7(18-5-11(19)17-12(20)6-18)13(21)16-10-4-8(15)2-3-9(10)14/h2-4,7H,5-6,15H2,1H3,(H,16,21)(H,17,19,20). The molecule has 0 saturated carbocycles. The second-order valence-corrected chi connectivity index (χ2v) is 4.78. The van der Waals surface area contributed by atoms with Crippen molar-refractivity contribution in [2.75, 3.05) is 24.1 Å². The van der Waals surface area contributed by atoms with Gasteiger partial charge in [0, 0.05) is 5.69 Å². The van der Waals surface area contributed by atoms with Crippen molar-refractivity contribution in [1.82, 2.24) is 10.2 Å². The van der Waals surface area contributed by atoms with Crippen molar-refractivity contribution >= 4 is 29.1 Å². The Balaban J connectivity index is 2.07. The molecule has 4 N–H and O–H groups in total. The quantitative estimate of drug-likeness (QED) is 0.524. The van der Waals surface area contributed by atoms with Gasteiger partial charge in [0.25, 0.3) is 0 Å². The summed E-state index contributed by atoms with van der Waals surface area (Å²) in [7, 11) is 0. The smallest absolute Gasteiger partial charge is 0.241 e. The average molecular weight is 294 g/mol. The molecule has 8 heteroatoms. The average Bonchev–Trinajstić information content (AvgIpc) is 2.41. The number of piperazine rings is 1. The highest BCUT2D eigenvalue weighted by Crippen LogP contribution is 2.18. The van der Waals surface area contributed by atoms with Gasteiger partial charge in [-0.3, -0.25) is 24.6 Å². The van der Waals surface area contributed by atoms with Gasteiger partial charge in [-0.25, -0.2) is 4.39 Å². The topological polar surface area (TPSA) is 105 Å². The molecular formula is C13H15FN4O3. The molecule has 1 aliphatic heterocycles. The molecule has 1 aliphatic rings. The molecular weight excluding hydrogens is 279 g/mol. The first-order chi connectivity index (χ1) is 9.86. The molecule has 1 saturated heterocycles. The Bertz CT molecular complexity index is 589. The number of halogens is 1. The Labute approximate surface area is 120 Å². The van der Waals surface area contributed by atoms with Crippen molar-refractivity contribution in [3.05, 3.63) is 24.0 Å². The van der Waals surface area contributed by atoms with E-state index in [1.54, 1.807) is 0 Å². The highest BCUT2D eigenvalue weighted by atomic mass is 19.1. The number of nitrogens with zero attached hydrogens (tertiary/aromatic N) is 1. The molecule has 2 rings (SSSR count). The monoisotopic (exact) mass is 294 g/mol. The van der Waals surface area contributed by atoms with Crippen LogP contribution < -0.4 is 16.4 Å². The fourth-order valence-electron chi connectivity index (χ4n) is 1.97. The lowest BCUT2D eigenvalue weighted by Gasteiger charge is -2.30. The molecule has 1 aromatic carbocycles. The van der Waals surface area contributed by atoms with Crippen molar-refractivity contribution in [3.8, 4) is 0 Å². The summed E-state index contributed by atoms with van der Waals surface area (Å²) in [6, 6.07) is 3.06. The van der Waals surface area contributed by atoms with Crippen LogP contribution in [0.25, 0.3) is 0 Å². The van der Waals surface area contributed by atoms with Gasteiger partial charge >= 0.3 is 0 Å². The molecule has 112 valence electrons. The van der Waals surface area contributed by atoms with Crippen LogP contribution in [-0.2, 0) is 14.4 Å². The first-order valence-corrected chi connectivity index (χ1v) is 6.29. The van der Waals surface area contributed by atoms with Crippen LogP contribution in [0, 0.1) is 5.82 Å². The number of amides is 3. The largest absolute Gasteiger partial charge is 0.399 e. The van der Waals surface area contributed by atoms with E-state index in [0.29, 0.717) is 5.69 Å². The number of hydrogen-bond donors (Lipinski definition) is 3. The number of carbonyl (C=O) groups excluding carboxylic acids is 3. The number of nitrogens with two attached hydrogens (primary N) is 1. The van der Waals surface area contributed by atoms with Crippen LogP contribution in [0.15, 0.2) is 18.2 Å². The van der Waals surface area contributed by atoms with Crippen molar-refractivity contribution in [2.45, 2.75) is 13.0 Å². The van der Waals surface area contributed by atoms with E-state index in [4.69, 9.17) is 5.73 Å². The third-order valence-electron chi connectivity index (χ3n) is 3.15. The Kier molecular flexibility index (Phi) is 4.18. The molecule has 1 unspecified atom stereocenters. The van der Waals surface area contributed by atoms with Gasteiger partial charge in [0.2, 0.25) is 17.7 Å². The van der Waals surface area contributed by atoms with Gasteiger partial charge < -0.3 is 11.1 Å². The van der Waals surface area contributed by atoms with Gasteiger partial charge in [-0.15, -0.1) is 0 Å². The van der Waals surface area contributed by atoms with Crippen LogP contribution in [0.2, 0.25) is 0 Å². The third kappa shape index (κ3) is 3.54. The van der Waals surface area contributed by atoms with Crippen LogP contribution in [-0.4, -0.2) is 41.8 Å². The Morgan fingerprint density at radius 1 is 1.38 bits per heavy atom. The lowest BCUT2D eigenvalue weighted by Crippen LogP contribution is -2.56. The fourth-order valence-corrected chi connectivity index (χ4v) is 1.97. The summed E-state index contributed by atoms with van der Waals surface area (Å²) >= 11 is 0. The van der Waals surface area contributed by atoms with Crippen LogP contribution >= 0.6 is 0 Å². The second-order valence-electron chi connectivity index (χ2n) is 4.78. The molecule has 3 amide bonds. The van der Waals surface area contributed by atoms with E-state index < -0.39 is 29.6 Å². The molecule has 0 bridgehead atoms. The number of imide groups is 1. The zero-order valence-corrected chi connectivity index (χ0v) is 11.4. The van der Waals surface area contributed by atoms with Crippen LogP contribution in [0.4, 0.5) is 15.8 Å². The van der Waals surface area contributed by atoms with Gasteiger partial charge in [-0.2, -0.15) is 0 Å². The first-order valence-electron chi connectivity index (χ1n) is 6.29. The lowest BCUT2D eigenvalue weighted by atomic mass is 10.2. The normalized spacial score (nSPS) is 17.2. The van der Waals surface area contributed by atoms with E-state index in [1.807, 2.05) is 0 Å². The second kappa shape index (κ2) is 5.88.